The van der Waals surface area contributed by atoms with Crippen LogP contribution in [-0.4, -0.2) is 25.8 Å². The molecule has 2 aromatic carbocycles. The van der Waals surface area contributed by atoms with E-state index in [0.717, 1.165) is 41.5 Å². The van der Waals surface area contributed by atoms with Crippen molar-refractivity contribution < 1.29 is 9.90 Å². The summed E-state index contributed by atoms with van der Waals surface area (Å²) in [6.07, 6.45) is 14.7. The van der Waals surface area contributed by atoms with E-state index in [0.29, 0.717) is 11.6 Å². The standard InChI is InChI=1S/C29H35N3O2/c33-29(34)26-14-8-7-13-25(26)23-17-15-22(16-18-23)20-28-30-27(19-21-9-3-1-4-10-21)31-32(28)24-11-5-2-6-12-24/h7-8,13-18,21,24H,1-6,9-12,19-20H2,(H,33,34). The van der Waals surface area contributed by atoms with Crippen LogP contribution in [0, 0.1) is 5.92 Å². The molecular formula is C29H35N3O2. The first-order valence-electron chi connectivity index (χ1n) is 13.0. The Morgan fingerprint density at radius 3 is 2.26 bits per heavy atom. The zero-order valence-electron chi connectivity index (χ0n) is 20.0. The van der Waals surface area contributed by atoms with Crippen molar-refractivity contribution >= 4 is 5.97 Å². The lowest BCUT2D eigenvalue weighted by atomic mass is 9.87. The zero-order chi connectivity index (χ0) is 23.3. The summed E-state index contributed by atoms with van der Waals surface area (Å²) >= 11 is 0. The molecule has 5 heteroatoms. The summed E-state index contributed by atoms with van der Waals surface area (Å²) < 4.78 is 2.25. The average Bonchev–Trinajstić information content (AvgIpc) is 3.27. The third kappa shape index (κ3) is 5.24. The van der Waals surface area contributed by atoms with E-state index in [4.69, 9.17) is 10.1 Å². The van der Waals surface area contributed by atoms with Gasteiger partial charge in [-0.05, 0) is 41.5 Å². The van der Waals surface area contributed by atoms with Crippen LogP contribution in [0.5, 0.6) is 0 Å². The molecule has 0 saturated heterocycles. The fraction of sp³-hybridized carbons (Fsp3) is 0.483. The Kier molecular flexibility index (Phi) is 7.08. The van der Waals surface area contributed by atoms with Crippen molar-refractivity contribution in [1.82, 2.24) is 14.8 Å². The van der Waals surface area contributed by atoms with Crippen LogP contribution < -0.4 is 0 Å². The van der Waals surface area contributed by atoms with Gasteiger partial charge in [0.25, 0.3) is 0 Å². The summed E-state index contributed by atoms with van der Waals surface area (Å²) in [5.41, 5.74) is 3.19. The number of aromatic carboxylic acids is 1. The maximum Gasteiger partial charge on any atom is 0.336 e. The maximum atomic E-state index is 11.6. The summed E-state index contributed by atoms with van der Waals surface area (Å²) in [7, 11) is 0. The third-order valence-corrected chi connectivity index (χ3v) is 7.65. The van der Waals surface area contributed by atoms with Crippen LogP contribution in [-0.2, 0) is 12.8 Å². The van der Waals surface area contributed by atoms with E-state index >= 15 is 0 Å². The molecule has 34 heavy (non-hydrogen) atoms. The quantitative estimate of drug-likeness (QED) is 0.421. The second-order valence-corrected chi connectivity index (χ2v) is 10.1. The van der Waals surface area contributed by atoms with E-state index in [9.17, 15) is 9.90 Å². The first-order valence-corrected chi connectivity index (χ1v) is 13.0. The molecular weight excluding hydrogens is 422 g/mol. The van der Waals surface area contributed by atoms with Gasteiger partial charge in [-0.2, -0.15) is 5.10 Å². The molecule has 1 heterocycles. The van der Waals surface area contributed by atoms with Crippen LogP contribution in [0.1, 0.15) is 97.8 Å². The molecule has 1 N–H and O–H groups in total. The molecule has 2 saturated carbocycles. The summed E-state index contributed by atoms with van der Waals surface area (Å²) in [6.45, 7) is 0. The fourth-order valence-corrected chi connectivity index (χ4v) is 5.79. The molecule has 0 bridgehead atoms. The lowest BCUT2D eigenvalue weighted by molar-refractivity contribution is 0.0697. The summed E-state index contributed by atoms with van der Waals surface area (Å²) in [5, 5.41) is 14.6. The normalized spacial score (nSPS) is 17.6. The van der Waals surface area contributed by atoms with Crippen molar-refractivity contribution in [2.45, 2.75) is 83.1 Å². The van der Waals surface area contributed by atoms with Gasteiger partial charge < -0.3 is 5.11 Å². The number of benzene rings is 2. The lowest BCUT2D eigenvalue weighted by Crippen LogP contribution is -2.17. The van der Waals surface area contributed by atoms with Crippen LogP contribution in [0.3, 0.4) is 0 Å². The first kappa shape index (κ1) is 22.8. The summed E-state index contributed by atoms with van der Waals surface area (Å²) in [5.74, 6) is 1.94. The van der Waals surface area contributed by atoms with Crippen LogP contribution in [0.15, 0.2) is 48.5 Å². The second kappa shape index (κ2) is 10.5. The number of nitrogens with zero attached hydrogens (tertiary/aromatic N) is 3. The largest absolute Gasteiger partial charge is 0.478 e. The molecule has 1 aromatic heterocycles. The smallest absolute Gasteiger partial charge is 0.336 e. The van der Waals surface area contributed by atoms with Crippen LogP contribution >= 0.6 is 0 Å². The molecule has 5 rings (SSSR count). The van der Waals surface area contributed by atoms with E-state index in [1.165, 1.54) is 69.8 Å². The number of hydrogen-bond acceptors (Lipinski definition) is 3. The van der Waals surface area contributed by atoms with Crippen molar-refractivity contribution in [3.63, 3.8) is 0 Å². The molecule has 178 valence electrons. The van der Waals surface area contributed by atoms with Gasteiger partial charge in [-0.15, -0.1) is 0 Å². The Balaban J connectivity index is 1.37. The second-order valence-electron chi connectivity index (χ2n) is 10.1. The molecule has 2 aliphatic carbocycles. The van der Waals surface area contributed by atoms with Crippen molar-refractivity contribution in [3.8, 4) is 11.1 Å². The monoisotopic (exact) mass is 457 g/mol. The third-order valence-electron chi connectivity index (χ3n) is 7.65. The Morgan fingerprint density at radius 2 is 1.56 bits per heavy atom. The van der Waals surface area contributed by atoms with Crippen LogP contribution in [0.2, 0.25) is 0 Å². The van der Waals surface area contributed by atoms with Crippen LogP contribution in [0.25, 0.3) is 11.1 Å². The molecule has 0 atom stereocenters. The van der Waals surface area contributed by atoms with Crippen molar-refractivity contribution in [1.29, 1.82) is 0 Å². The molecule has 2 fully saturated rings. The molecule has 0 radical (unpaired) electrons. The zero-order valence-corrected chi connectivity index (χ0v) is 20.0. The van der Waals surface area contributed by atoms with Crippen molar-refractivity contribution in [2.24, 2.45) is 5.92 Å². The van der Waals surface area contributed by atoms with Crippen molar-refractivity contribution in [3.05, 3.63) is 71.3 Å². The van der Waals surface area contributed by atoms with Gasteiger partial charge in [-0.25, -0.2) is 14.5 Å². The molecule has 3 aromatic rings. The van der Waals surface area contributed by atoms with Crippen LogP contribution in [0.4, 0.5) is 0 Å². The van der Waals surface area contributed by atoms with Crippen molar-refractivity contribution in [2.75, 3.05) is 0 Å². The van der Waals surface area contributed by atoms with Gasteiger partial charge in [0.15, 0.2) is 5.82 Å². The Morgan fingerprint density at radius 1 is 0.882 bits per heavy atom. The Hall–Kier alpha value is -2.95. The minimum absolute atomic E-state index is 0.333. The van der Waals surface area contributed by atoms with E-state index in [1.807, 2.05) is 24.3 Å². The molecule has 0 spiro atoms. The Labute approximate surface area is 202 Å². The van der Waals surface area contributed by atoms with Gasteiger partial charge in [-0.3, -0.25) is 0 Å². The van der Waals surface area contributed by atoms with Gasteiger partial charge >= 0.3 is 5.97 Å². The van der Waals surface area contributed by atoms with Gasteiger partial charge in [0.05, 0.1) is 11.6 Å². The predicted octanol–water partition coefficient (Wildman–Crippen LogP) is 6.86. The lowest BCUT2D eigenvalue weighted by Gasteiger charge is -2.23. The molecule has 0 amide bonds. The van der Waals surface area contributed by atoms with Gasteiger partial charge in [0, 0.05) is 12.8 Å². The maximum absolute atomic E-state index is 11.6. The summed E-state index contributed by atoms with van der Waals surface area (Å²) in [6, 6.07) is 15.9. The average molecular weight is 458 g/mol. The minimum Gasteiger partial charge on any atom is -0.478 e. The molecule has 0 aliphatic heterocycles. The molecule has 0 unspecified atom stereocenters. The SMILES string of the molecule is O=C(O)c1ccccc1-c1ccc(Cc2nc(CC3CCCCC3)nn2C2CCCCC2)cc1. The van der Waals surface area contributed by atoms with E-state index in [2.05, 4.69) is 16.8 Å². The number of carbonyl (C=O) groups is 1. The highest BCUT2D eigenvalue weighted by Crippen LogP contribution is 2.31. The molecule has 5 nitrogen and oxygen atoms in total. The predicted molar refractivity (Wildman–Crippen MR) is 134 cm³/mol. The number of rotatable bonds is 7. The highest BCUT2D eigenvalue weighted by Gasteiger charge is 2.23. The topological polar surface area (TPSA) is 68.0 Å². The number of hydrogen-bond donors (Lipinski definition) is 1. The highest BCUT2D eigenvalue weighted by atomic mass is 16.4. The van der Waals surface area contributed by atoms with E-state index in [-0.39, 0.29) is 0 Å². The van der Waals surface area contributed by atoms with E-state index in [1.54, 1.807) is 12.1 Å². The molecule has 2 aliphatic rings. The number of carboxylic acid groups (broad SMARTS) is 1. The number of carboxylic acids is 1. The summed E-state index contributed by atoms with van der Waals surface area (Å²) in [4.78, 5) is 16.7. The number of aromatic nitrogens is 3. The fourth-order valence-electron chi connectivity index (χ4n) is 5.79. The van der Waals surface area contributed by atoms with E-state index < -0.39 is 5.97 Å². The van der Waals surface area contributed by atoms with Gasteiger partial charge in [0.1, 0.15) is 5.82 Å². The van der Waals surface area contributed by atoms with Gasteiger partial charge in [0.2, 0.25) is 0 Å². The first-order chi connectivity index (χ1) is 16.7. The van der Waals surface area contributed by atoms with Gasteiger partial charge in [-0.1, -0.05) is 93.8 Å². The highest BCUT2D eigenvalue weighted by molar-refractivity contribution is 5.95. The minimum atomic E-state index is -0.897. The Bertz CT molecular complexity index is 1110.